The number of hydrogen-bond donors (Lipinski definition) is 2. The number of rotatable bonds is 7. The zero-order valence-corrected chi connectivity index (χ0v) is 22.1. The van der Waals surface area contributed by atoms with E-state index in [1.54, 1.807) is 24.3 Å². The number of amides is 1. The summed E-state index contributed by atoms with van der Waals surface area (Å²) in [5.74, 6) is -0.700. The summed E-state index contributed by atoms with van der Waals surface area (Å²) in [7, 11) is -2.34. The van der Waals surface area contributed by atoms with Crippen molar-refractivity contribution >= 4 is 50.2 Å². The number of nitrogens with zero attached hydrogens (tertiary/aromatic N) is 1. The van der Waals surface area contributed by atoms with Crippen LogP contribution in [0.4, 0.5) is 24.5 Å². The molecule has 0 saturated carbocycles. The summed E-state index contributed by atoms with van der Waals surface area (Å²) in [6.45, 7) is 2.52. The van der Waals surface area contributed by atoms with Gasteiger partial charge in [0, 0.05) is 37.3 Å². The monoisotopic (exact) mass is 573 g/mol. The van der Waals surface area contributed by atoms with Crippen molar-refractivity contribution in [3.05, 3.63) is 58.4 Å². The minimum atomic E-state index is -4.67. The first-order valence-corrected chi connectivity index (χ1v) is 13.8. The second-order valence-electron chi connectivity index (χ2n) is 8.62. The second-order valence-corrected chi connectivity index (χ2v) is 12.2. The van der Waals surface area contributed by atoms with Crippen molar-refractivity contribution < 1.29 is 31.1 Å². The van der Waals surface area contributed by atoms with E-state index < -0.39 is 33.6 Å². The molecule has 2 N–H and O–H groups in total. The van der Waals surface area contributed by atoms with Crippen LogP contribution >= 0.6 is 22.9 Å². The number of carbonyl (C=O) groups is 1. The highest BCUT2D eigenvalue weighted by molar-refractivity contribution is 7.94. The summed E-state index contributed by atoms with van der Waals surface area (Å²) in [5.41, 5.74) is 0.473. The molecule has 1 saturated heterocycles. The molecule has 0 aliphatic carbocycles. The van der Waals surface area contributed by atoms with Crippen LogP contribution in [0.3, 0.4) is 0 Å². The fraction of sp³-hybridized carbons (Fsp3) is 0.292. The molecule has 7 nitrogen and oxygen atoms in total. The van der Waals surface area contributed by atoms with E-state index in [4.69, 9.17) is 16.3 Å². The Balaban J connectivity index is 1.61. The molecule has 1 atom stereocenters. The highest BCUT2D eigenvalue weighted by atomic mass is 35.5. The average Bonchev–Trinajstić information content (AvgIpc) is 3.38. The first-order valence-electron chi connectivity index (χ1n) is 11.1. The summed E-state index contributed by atoms with van der Waals surface area (Å²) in [4.78, 5) is 13.3. The molecule has 3 aromatic rings. The molecular weight excluding hydrogens is 551 g/mol. The summed E-state index contributed by atoms with van der Waals surface area (Å²) < 4.78 is 75.0. The van der Waals surface area contributed by atoms with E-state index in [-0.39, 0.29) is 20.1 Å². The molecule has 2 heterocycles. The van der Waals surface area contributed by atoms with Gasteiger partial charge in [0.2, 0.25) is 5.91 Å². The van der Waals surface area contributed by atoms with Crippen LogP contribution in [0, 0.1) is 0 Å². The number of likely N-dealkylation sites (N-methyl/N-ethyl adjacent to an activating group) is 1. The Kier molecular flexibility index (Phi) is 7.75. The van der Waals surface area contributed by atoms with Gasteiger partial charge < -0.3 is 15.0 Å². The van der Waals surface area contributed by atoms with Crippen molar-refractivity contribution in [2.24, 2.45) is 0 Å². The number of alkyl halides is 3. The van der Waals surface area contributed by atoms with Gasteiger partial charge in [0.05, 0.1) is 11.3 Å². The average molecular weight is 574 g/mol. The maximum absolute atomic E-state index is 13.6. The quantitative estimate of drug-likeness (QED) is 0.366. The molecule has 0 spiro atoms. The van der Waals surface area contributed by atoms with E-state index in [0.29, 0.717) is 36.3 Å². The first-order chi connectivity index (χ1) is 17.3. The smallest absolute Gasteiger partial charge is 0.419 e. The molecule has 198 valence electrons. The van der Waals surface area contributed by atoms with Crippen molar-refractivity contribution in [3.8, 4) is 16.9 Å². The molecule has 1 amide bonds. The fourth-order valence-corrected chi connectivity index (χ4v) is 6.75. The number of halogens is 4. The van der Waals surface area contributed by atoms with Gasteiger partial charge in [-0.1, -0.05) is 23.7 Å². The highest BCUT2D eigenvalue weighted by Crippen LogP contribution is 2.41. The standard InChI is InChI=1S/C24H23ClF3N3O4S2/c1-14(32)29-16-5-3-4-15(10-16)19-12-22(36-23(19)25)37(33,34)30-17-6-7-20(24(26,27)28)21(11-17)35-18-8-9-31(2)13-18/h3-7,10-12,18,30H,8-9,13H2,1-2H3,(H,29,32). The summed E-state index contributed by atoms with van der Waals surface area (Å²) in [6.07, 6.45) is -4.55. The number of sulfonamides is 1. The lowest BCUT2D eigenvalue weighted by Gasteiger charge is -2.19. The zero-order chi connectivity index (χ0) is 27.0. The van der Waals surface area contributed by atoms with Crippen LogP contribution in [0.25, 0.3) is 11.1 Å². The molecular formula is C24H23ClF3N3O4S2. The molecule has 1 aliphatic heterocycles. The van der Waals surface area contributed by atoms with Crippen molar-refractivity contribution in [3.63, 3.8) is 0 Å². The van der Waals surface area contributed by atoms with Crippen LogP contribution < -0.4 is 14.8 Å². The third kappa shape index (κ3) is 6.56. The van der Waals surface area contributed by atoms with E-state index in [9.17, 15) is 26.4 Å². The van der Waals surface area contributed by atoms with Gasteiger partial charge in [-0.2, -0.15) is 13.2 Å². The number of carbonyl (C=O) groups excluding carboxylic acids is 1. The Morgan fingerprint density at radius 2 is 1.92 bits per heavy atom. The molecule has 1 fully saturated rings. The van der Waals surface area contributed by atoms with Crippen molar-refractivity contribution in [1.29, 1.82) is 0 Å². The molecule has 2 aromatic carbocycles. The Labute approximate surface area is 221 Å². The zero-order valence-electron chi connectivity index (χ0n) is 19.7. The Morgan fingerprint density at radius 3 is 2.57 bits per heavy atom. The number of likely N-dealkylation sites (tertiary alicyclic amines) is 1. The topological polar surface area (TPSA) is 87.7 Å². The van der Waals surface area contributed by atoms with Crippen molar-refractivity contribution in [1.82, 2.24) is 4.90 Å². The van der Waals surface area contributed by atoms with Gasteiger partial charge in [-0.3, -0.25) is 9.52 Å². The lowest BCUT2D eigenvalue weighted by molar-refractivity contribution is -0.139. The Hall–Kier alpha value is -2.80. The van der Waals surface area contributed by atoms with Crippen LogP contribution in [0.15, 0.2) is 52.7 Å². The van der Waals surface area contributed by atoms with Gasteiger partial charge in [0.25, 0.3) is 10.0 Å². The lowest BCUT2D eigenvalue weighted by Crippen LogP contribution is -2.23. The van der Waals surface area contributed by atoms with Crippen LogP contribution in [0.1, 0.15) is 18.9 Å². The van der Waals surface area contributed by atoms with Crippen LogP contribution in [-0.2, 0) is 21.0 Å². The molecule has 0 bridgehead atoms. The maximum Gasteiger partial charge on any atom is 0.419 e. The number of hydrogen-bond acceptors (Lipinski definition) is 6. The second kappa shape index (κ2) is 10.5. The van der Waals surface area contributed by atoms with E-state index in [0.717, 1.165) is 29.5 Å². The van der Waals surface area contributed by atoms with Gasteiger partial charge in [0.1, 0.15) is 20.4 Å². The minimum Gasteiger partial charge on any atom is -0.488 e. The molecule has 13 heteroatoms. The number of ether oxygens (including phenoxy) is 1. The van der Waals surface area contributed by atoms with Gasteiger partial charge in [-0.15, -0.1) is 11.3 Å². The number of anilines is 2. The predicted octanol–water partition coefficient (Wildman–Crippen LogP) is 5.93. The van der Waals surface area contributed by atoms with Crippen LogP contribution in [-0.4, -0.2) is 45.5 Å². The third-order valence-electron chi connectivity index (χ3n) is 5.60. The Bertz CT molecular complexity index is 1430. The third-order valence-corrected chi connectivity index (χ3v) is 8.82. The molecule has 0 radical (unpaired) electrons. The van der Waals surface area contributed by atoms with E-state index in [1.165, 1.54) is 13.0 Å². The summed E-state index contributed by atoms with van der Waals surface area (Å²) in [6, 6.07) is 11.0. The fourth-order valence-electron chi connectivity index (χ4n) is 3.94. The van der Waals surface area contributed by atoms with Crippen molar-refractivity contribution in [2.75, 3.05) is 30.2 Å². The van der Waals surface area contributed by atoms with Crippen molar-refractivity contribution in [2.45, 2.75) is 29.8 Å². The number of thiophene rings is 1. The van der Waals surface area contributed by atoms with E-state index in [1.807, 2.05) is 11.9 Å². The molecule has 37 heavy (non-hydrogen) atoms. The SMILES string of the molecule is CC(=O)Nc1cccc(-c2cc(S(=O)(=O)Nc3ccc(C(F)(F)F)c(OC4CCN(C)C4)c3)sc2Cl)c1. The van der Waals surface area contributed by atoms with Gasteiger partial charge in [-0.25, -0.2) is 8.42 Å². The predicted molar refractivity (Wildman–Crippen MR) is 138 cm³/mol. The van der Waals surface area contributed by atoms with E-state index >= 15 is 0 Å². The number of nitrogens with one attached hydrogen (secondary N) is 2. The minimum absolute atomic E-state index is 0.0759. The summed E-state index contributed by atoms with van der Waals surface area (Å²) >= 11 is 7.14. The molecule has 1 unspecified atom stereocenters. The first kappa shape index (κ1) is 27.2. The highest BCUT2D eigenvalue weighted by Gasteiger charge is 2.36. The van der Waals surface area contributed by atoms with Crippen LogP contribution in [0.2, 0.25) is 4.34 Å². The maximum atomic E-state index is 13.6. The molecule has 4 rings (SSSR count). The molecule has 1 aromatic heterocycles. The van der Waals surface area contributed by atoms with Crippen LogP contribution in [0.5, 0.6) is 5.75 Å². The Morgan fingerprint density at radius 1 is 1.16 bits per heavy atom. The van der Waals surface area contributed by atoms with Gasteiger partial charge in [0.15, 0.2) is 0 Å². The molecule has 1 aliphatic rings. The van der Waals surface area contributed by atoms with Gasteiger partial charge in [-0.05, 0) is 49.4 Å². The number of benzene rings is 2. The summed E-state index contributed by atoms with van der Waals surface area (Å²) in [5, 5.41) is 2.65. The normalized spacial score (nSPS) is 16.5. The lowest BCUT2D eigenvalue weighted by atomic mass is 10.1. The van der Waals surface area contributed by atoms with E-state index in [2.05, 4.69) is 10.0 Å². The largest absolute Gasteiger partial charge is 0.488 e. The van der Waals surface area contributed by atoms with Gasteiger partial charge >= 0.3 is 6.18 Å².